The molecule has 2 saturated carbocycles. The van der Waals surface area contributed by atoms with Crippen LogP contribution in [0.3, 0.4) is 0 Å². The highest BCUT2D eigenvalue weighted by atomic mass is 14.5. The van der Waals surface area contributed by atoms with Crippen molar-refractivity contribution in [2.45, 2.75) is 32.1 Å². The maximum absolute atomic E-state index is 5.48. The molecule has 2 aliphatic carbocycles. The van der Waals surface area contributed by atoms with Crippen molar-refractivity contribution >= 4 is 0 Å². The molecule has 0 unspecified atom stereocenters. The fourth-order valence-electron chi connectivity index (χ4n) is 2.21. The summed E-state index contributed by atoms with van der Waals surface area (Å²) in [6, 6.07) is 0. The first-order valence-electron chi connectivity index (χ1n) is 4.60. The van der Waals surface area contributed by atoms with Gasteiger partial charge in [0.25, 0.3) is 0 Å². The summed E-state index contributed by atoms with van der Waals surface area (Å²) in [4.78, 5) is 0. The van der Waals surface area contributed by atoms with Crippen molar-refractivity contribution in [3.63, 3.8) is 0 Å². The number of hydrogen-bond donors (Lipinski definition) is 1. The Morgan fingerprint density at radius 2 is 1.80 bits per heavy atom. The smallest absolute Gasteiger partial charge is 0.00746 e. The molecule has 10 heavy (non-hydrogen) atoms. The van der Waals surface area contributed by atoms with Crippen LogP contribution in [-0.2, 0) is 0 Å². The van der Waals surface area contributed by atoms with Crippen LogP contribution < -0.4 is 5.73 Å². The highest BCUT2D eigenvalue weighted by Gasteiger charge is 2.39. The third kappa shape index (κ3) is 1.20. The Morgan fingerprint density at radius 3 is 2.30 bits per heavy atom. The second-order valence-electron chi connectivity index (χ2n) is 4.01. The lowest BCUT2D eigenvalue weighted by molar-refractivity contribution is 0.161. The van der Waals surface area contributed by atoms with Crippen LogP contribution >= 0.6 is 0 Å². The Hall–Kier alpha value is -0.0400. The van der Waals surface area contributed by atoms with E-state index in [9.17, 15) is 0 Å². The van der Waals surface area contributed by atoms with E-state index in [4.69, 9.17) is 5.73 Å². The molecule has 0 bridgehead atoms. The van der Waals surface area contributed by atoms with Crippen molar-refractivity contribution < 1.29 is 0 Å². The largest absolute Gasteiger partial charge is 0.330 e. The Kier molecular flexibility index (Phi) is 1.69. The molecule has 1 nitrogen and oxygen atoms in total. The van der Waals surface area contributed by atoms with Crippen LogP contribution in [0.4, 0.5) is 0 Å². The van der Waals surface area contributed by atoms with Gasteiger partial charge in [-0.3, -0.25) is 0 Å². The predicted octanol–water partition coefficient (Wildman–Crippen LogP) is 1.77. The van der Waals surface area contributed by atoms with Crippen LogP contribution in [0.1, 0.15) is 32.1 Å². The van der Waals surface area contributed by atoms with Crippen LogP contribution in [0, 0.1) is 17.8 Å². The van der Waals surface area contributed by atoms with Gasteiger partial charge in [-0.1, -0.05) is 0 Å². The van der Waals surface area contributed by atoms with Gasteiger partial charge in [-0.05, 0) is 56.4 Å². The fraction of sp³-hybridized carbons (Fsp3) is 1.00. The average molecular weight is 139 g/mol. The fourth-order valence-corrected chi connectivity index (χ4v) is 2.21. The maximum atomic E-state index is 5.48. The summed E-state index contributed by atoms with van der Waals surface area (Å²) in [7, 11) is 0. The Morgan fingerprint density at radius 1 is 1.10 bits per heavy atom. The lowest BCUT2D eigenvalue weighted by Crippen LogP contribution is -2.26. The molecule has 0 aromatic heterocycles. The van der Waals surface area contributed by atoms with E-state index in [0.29, 0.717) is 0 Å². The molecule has 2 aliphatic rings. The van der Waals surface area contributed by atoms with Gasteiger partial charge < -0.3 is 5.73 Å². The summed E-state index contributed by atoms with van der Waals surface area (Å²) in [5.74, 6) is 3.28. The van der Waals surface area contributed by atoms with Crippen LogP contribution in [-0.4, -0.2) is 6.54 Å². The Balaban J connectivity index is 1.63. The van der Waals surface area contributed by atoms with Gasteiger partial charge in [0.2, 0.25) is 0 Å². The summed E-state index contributed by atoms with van der Waals surface area (Å²) in [6.07, 6.45) is 7.34. The van der Waals surface area contributed by atoms with Crippen molar-refractivity contribution in [1.82, 2.24) is 0 Å². The van der Waals surface area contributed by atoms with E-state index >= 15 is 0 Å². The van der Waals surface area contributed by atoms with Crippen LogP contribution in [0.25, 0.3) is 0 Å². The standard InChI is InChI=1S/C9H17N/c10-4-3-7-5-9(6-7)8-1-2-8/h7-9H,1-6,10H2. The first-order valence-corrected chi connectivity index (χ1v) is 4.60. The van der Waals surface area contributed by atoms with Crippen molar-refractivity contribution in [3.8, 4) is 0 Å². The molecule has 0 heterocycles. The molecule has 58 valence electrons. The predicted molar refractivity (Wildman–Crippen MR) is 42.6 cm³/mol. The molecule has 0 amide bonds. The first-order chi connectivity index (χ1) is 4.90. The molecular formula is C9H17N. The topological polar surface area (TPSA) is 26.0 Å². The first kappa shape index (κ1) is 6.66. The molecule has 2 N–H and O–H groups in total. The van der Waals surface area contributed by atoms with E-state index in [1.54, 1.807) is 0 Å². The van der Waals surface area contributed by atoms with E-state index in [1.165, 1.54) is 32.1 Å². The molecule has 0 aromatic carbocycles. The molecule has 0 aromatic rings. The molecule has 0 atom stereocenters. The zero-order valence-electron chi connectivity index (χ0n) is 6.55. The van der Waals surface area contributed by atoms with Crippen molar-refractivity contribution in [3.05, 3.63) is 0 Å². The van der Waals surface area contributed by atoms with Gasteiger partial charge >= 0.3 is 0 Å². The van der Waals surface area contributed by atoms with Crippen molar-refractivity contribution in [2.75, 3.05) is 6.54 Å². The summed E-state index contributed by atoms with van der Waals surface area (Å²) < 4.78 is 0. The minimum atomic E-state index is 0.905. The van der Waals surface area contributed by atoms with Gasteiger partial charge in [0, 0.05) is 0 Å². The molecule has 2 fully saturated rings. The van der Waals surface area contributed by atoms with Gasteiger partial charge in [0.15, 0.2) is 0 Å². The number of hydrogen-bond acceptors (Lipinski definition) is 1. The van der Waals surface area contributed by atoms with Gasteiger partial charge in [-0.15, -0.1) is 0 Å². The summed E-state index contributed by atoms with van der Waals surface area (Å²) >= 11 is 0. The second kappa shape index (κ2) is 2.54. The molecule has 1 heteroatoms. The molecule has 0 spiro atoms. The maximum Gasteiger partial charge on any atom is -0.00746 e. The molecule has 0 radical (unpaired) electrons. The van der Waals surface area contributed by atoms with Crippen molar-refractivity contribution in [2.24, 2.45) is 23.5 Å². The van der Waals surface area contributed by atoms with Gasteiger partial charge in [0.05, 0.1) is 0 Å². The Labute approximate surface area is 63.0 Å². The van der Waals surface area contributed by atoms with Crippen LogP contribution in [0.15, 0.2) is 0 Å². The monoisotopic (exact) mass is 139 g/mol. The lowest BCUT2D eigenvalue weighted by atomic mass is 9.71. The van der Waals surface area contributed by atoms with Gasteiger partial charge in [-0.25, -0.2) is 0 Å². The minimum absolute atomic E-state index is 0.905. The van der Waals surface area contributed by atoms with E-state index in [-0.39, 0.29) is 0 Å². The van der Waals surface area contributed by atoms with Gasteiger partial charge in [-0.2, -0.15) is 0 Å². The Bertz CT molecular complexity index is 112. The average Bonchev–Trinajstić information content (AvgIpc) is 2.59. The van der Waals surface area contributed by atoms with Crippen LogP contribution in [0.2, 0.25) is 0 Å². The molecule has 2 rings (SSSR count). The quantitative estimate of drug-likeness (QED) is 0.633. The van der Waals surface area contributed by atoms with E-state index in [1.807, 2.05) is 0 Å². The highest BCUT2D eigenvalue weighted by Crippen LogP contribution is 2.50. The van der Waals surface area contributed by atoms with Crippen molar-refractivity contribution in [1.29, 1.82) is 0 Å². The van der Waals surface area contributed by atoms with E-state index in [0.717, 1.165) is 24.3 Å². The minimum Gasteiger partial charge on any atom is -0.330 e. The highest BCUT2D eigenvalue weighted by molar-refractivity contribution is 4.90. The zero-order valence-corrected chi connectivity index (χ0v) is 6.55. The summed E-state index contributed by atoms with van der Waals surface area (Å²) in [5.41, 5.74) is 5.48. The van der Waals surface area contributed by atoms with Gasteiger partial charge in [0.1, 0.15) is 0 Å². The number of nitrogens with two attached hydrogens (primary N) is 1. The molecule has 0 aliphatic heterocycles. The second-order valence-corrected chi connectivity index (χ2v) is 4.01. The number of rotatable bonds is 3. The van der Waals surface area contributed by atoms with E-state index < -0.39 is 0 Å². The third-order valence-electron chi connectivity index (χ3n) is 3.14. The summed E-state index contributed by atoms with van der Waals surface area (Å²) in [5, 5.41) is 0. The zero-order chi connectivity index (χ0) is 6.97. The molecule has 0 saturated heterocycles. The van der Waals surface area contributed by atoms with Crippen LogP contribution in [0.5, 0.6) is 0 Å². The van der Waals surface area contributed by atoms with E-state index in [2.05, 4.69) is 0 Å². The normalized spacial score (nSPS) is 39.3. The third-order valence-corrected chi connectivity index (χ3v) is 3.14. The molecular weight excluding hydrogens is 122 g/mol. The summed E-state index contributed by atoms with van der Waals surface area (Å²) in [6.45, 7) is 0.905. The lowest BCUT2D eigenvalue weighted by Gasteiger charge is -2.35. The SMILES string of the molecule is NCCC1CC(C2CC2)C1.